The molecule has 0 saturated heterocycles. The van der Waals surface area contributed by atoms with E-state index in [1.54, 1.807) is 25.3 Å². The predicted molar refractivity (Wildman–Crippen MR) is 76.8 cm³/mol. The van der Waals surface area contributed by atoms with Gasteiger partial charge in [0.05, 0.1) is 27.5 Å². The number of carbonyl (C=O) groups is 2. The molecule has 0 radical (unpaired) electrons. The molecule has 2 heterocycles. The minimum atomic E-state index is -0.789. The SMILES string of the molecule is C[C@H](O)c1csc2c1C(=O)c1cc([C@@H](C)O)sc1C2=O. The van der Waals surface area contributed by atoms with Crippen molar-refractivity contribution in [2.45, 2.75) is 26.1 Å². The number of ketones is 2. The molecule has 0 bridgehead atoms. The minimum Gasteiger partial charge on any atom is -0.389 e. The van der Waals surface area contributed by atoms with E-state index in [9.17, 15) is 19.8 Å². The molecule has 0 spiro atoms. The van der Waals surface area contributed by atoms with E-state index in [4.69, 9.17) is 0 Å². The number of fused-ring (bicyclic) bond motifs is 2. The van der Waals surface area contributed by atoms with Gasteiger partial charge in [-0.3, -0.25) is 9.59 Å². The fourth-order valence-electron chi connectivity index (χ4n) is 2.27. The van der Waals surface area contributed by atoms with Crippen LogP contribution in [0.25, 0.3) is 0 Å². The van der Waals surface area contributed by atoms with Crippen molar-refractivity contribution in [3.63, 3.8) is 0 Å². The summed E-state index contributed by atoms with van der Waals surface area (Å²) >= 11 is 2.35. The van der Waals surface area contributed by atoms with Gasteiger partial charge in [-0.15, -0.1) is 22.7 Å². The lowest BCUT2D eigenvalue weighted by atomic mass is 9.91. The van der Waals surface area contributed by atoms with Crippen LogP contribution < -0.4 is 0 Å². The van der Waals surface area contributed by atoms with E-state index in [0.717, 1.165) is 11.3 Å². The molecule has 0 saturated carbocycles. The molecule has 0 unspecified atom stereocenters. The molecule has 0 aromatic carbocycles. The van der Waals surface area contributed by atoms with Gasteiger partial charge in [-0.1, -0.05) is 0 Å². The van der Waals surface area contributed by atoms with Gasteiger partial charge in [-0.25, -0.2) is 0 Å². The normalized spacial score (nSPS) is 16.8. The van der Waals surface area contributed by atoms with Crippen LogP contribution in [0.15, 0.2) is 11.4 Å². The average molecular weight is 308 g/mol. The Hall–Kier alpha value is -1.34. The maximum absolute atomic E-state index is 12.5. The van der Waals surface area contributed by atoms with Gasteiger partial charge in [0.25, 0.3) is 0 Å². The lowest BCUT2D eigenvalue weighted by molar-refractivity contribution is 0.0981. The lowest BCUT2D eigenvalue weighted by Crippen LogP contribution is -2.18. The maximum atomic E-state index is 12.5. The number of hydrogen-bond donors (Lipinski definition) is 2. The second-order valence-electron chi connectivity index (χ2n) is 4.80. The van der Waals surface area contributed by atoms with Gasteiger partial charge in [0.15, 0.2) is 5.78 Å². The van der Waals surface area contributed by atoms with Crippen molar-refractivity contribution in [2.75, 3.05) is 0 Å². The first-order valence-corrected chi connectivity index (χ1v) is 7.82. The number of carbonyl (C=O) groups excluding carboxylic acids is 2. The fraction of sp³-hybridized carbons (Fsp3) is 0.286. The predicted octanol–water partition coefficient (Wildman–Crippen LogP) is 2.69. The zero-order valence-corrected chi connectivity index (χ0v) is 12.5. The molecule has 20 heavy (non-hydrogen) atoms. The topological polar surface area (TPSA) is 74.6 Å². The minimum absolute atomic E-state index is 0.191. The van der Waals surface area contributed by atoms with Gasteiger partial charge in [-0.2, -0.15) is 0 Å². The van der Waals surface area contributed by atoms with Gasteiger partial charge in [0.1, 0.15) is 0 Å². The molecule has 3 rings (SSSR count). The Morgan fingerprint density at radius 2 is 1.75 bits per heavy atom. The molecule has 4 nitrogen and oxygen atoms in total. The maximum Gasteiger partial charge on any atom is 0.214 e. The number of aliphatic hydroxyl groups excluding tert-OH is 2. The van der Waals surface area contributed by atoms with Crippen molar-refractivity contribution in [2.24, 2.45) is 0 Å². The third-order valence-corrected chi connectivity index (χ3v) is 5.62. The Morgan fingerprint density at radius 3 is 2.35 bits per heavy atom. The Kier molecular flexibility index (Phi) is 3.13. The standard InChI is InChI=1S/C14H12O4S2/c1-5(15)8-4-19-14-10(8)11(17)7-3-9(6(2)16)20-13(7)12(14)18/h3-6,15-16H,1-2H3/t5-,6+/m0/s1. The van der Waals surface area contributed by atoms with Gasteiger partial charge >= 0.3 is 0 Å². The van der Waals surface area contributed by atoms with Crippen LogP contribution in [0.1, 0.15) is 67.0 Å². The second kappa shape index (κ2) is 4.60. The van der Waals surface area contributed by atoms with Crippen molar-refractivity contribution in [1.82, 2.24) is 0 Å². The molecule has 2 N–H and O–H groups in total. The first-order valence-electron chi connectivity index (χ1n) is 6.12. The van der Waals surface area contributed by atoms with Crippen LogP contribution in [0, 0.1) is 0 Å². The Morgan fingerprint density at radius 1 is 1.05 bits per heavy atom. The van der Waals surface area contributed by atoms with E-state index in [0.29, 0.717) is 31.3 Å². The highest BCUT2D eigenvalue weighted by atomic mass is 32.1. The second-order valence-corrected chi connectivity index (χ2v) is 6.76. The summed E-state index contributed by atoms with van der Waals surface area (Å²) in [5.74, 6) is -0.432. The molecule has 0 fully saturated rings. The Balaban J connectivity index is 2.21. The zero-order chi connectivity index (χ0) is 14.6. The van der Waals surface area contributed by atoms with Crippen molar-refractivity contribution < 1.29 is 19.8 Å². The lowest BCUT2D eigenvalue weighted by Gasteiger charge is -2.12. The number of hydrogen-bond acceptors (Lipinski definition) is 6. The monoisotopic (exact) mass is 308 g/mol. The molecule has 1 aliphatic carbocycles. The molecule has 6 heteroatoms. The summed E-state index contributed by atoms with van der Waals surface area (Å²) in [5, 5.41) is 21.0. The Bertz CT molecular complexity index is 718. The molecule has 2 atom stereocenters. The molecule has 2 aromatic rings. The smallest absolute Gasteiger partial charge is 0.214 e. The zero-order valence-electron chi connectivity index (χ0n) is 10.8. The van der Waals surface area contributed by atoms with E-state index in [1.807, 2.05) is 0 Å². The molecule has 1 aliphatic rings. The summed E-state index contributed by atoms with van der Waals surface area (Å²) in [6.45, 7) is 3.17. The van der Waals surface area contributed by atoms with Crippen LogP contribution in [0.5, 0.6) is 0 Å². The number of thiophene rings is 2. The summed E-state index contributed by atoms with van der Waals surface area (Å²) in [7, 11) is 0. The van der Waals surface area contributed by atoms with Crippen LogP contribution in [0.2, 0.25) is 0 Å². The summed E-state index contributed by atoms with van der Waals surface area (Å²) in [6, 6.07) is 1.58. The van der Waals surface area contributed by atoms with Crippen molar-refractivity contribution >= 4 is 34.2 Å². The third-order valence-electron chi connectivity index (χ3n) is 3.32. The summed E-state index contributed by atoms with van der Waals surface area (Å²) in [4.78, 5) is 26.4. The number of rotatable bonds is 2. The summed E-state index contributed by atoms with van der Waals surface area (Å²) < 4.78 is 0. The van der Waals surface area contributed by atoms with Crippen LogP contribution >= 0.6 is 22.7 Å². The van der Waals surface area contributed by atoms with Gasteiger partial charge in [0.2, 0.25) is 5.78 Å². The van der Waals surface area contributed by atoms with Crippen molar-refractivity contribution in [1.29, 1.82) is 0 Å². The summed E-state index contributed by atoms with van der Waals surface area (Å²) in [6.07, 6.45) is -1.50. The largest absolute Gasteiger partial charge is 0.389 e. The van der Waals surface area contributed by atoms with Crippen LogP contribution in [0.3, 0.4) is 0 Å². The van der Waals surface area contributed by atoms with Gasteiger partial charge < -0.3 is 10.2 Å². The Labute approximate surface area is 123 Å². The molecule has 0 amide bonds. The van der Waals surface area contributed by atoms with Gasteiger partial charge in [0, 0.05) is 16.0 Å². The molecule has 2 aromatic heterocycles. The van der Waals surface area contributed by atoms with E-state index in [1.165, 1.54) is 11.3 Å². The first kappa shape index (κ1) is 13.6. The van der Waals surface area contributed by atoms with E-state index in [2.05, 4.69) is 0 Å². The summed E-state index contributed by atoms with van der Waals surface area (Å²) in [5.41, 5.74) is 1.15. The average Bonchev–Trinajstić information content (AvgIpc) is 3.00. The van der Waals surface area contributed by atoms with Gasteiger partial charge in [-0.05, 0) is 25.3 Å². The van der Waals surface area contributed by atoms with Crippen molar-refractivity contribution in [3.05, 3.63) is 42.8 Å². The van der Waals surface area contributed by atoms with Crippen LogP contribution in [-0.4, -0.2) is 21.8 Å². The molecule has 104 valence electrons. The fourth-order valence-corrected chi connectivity index (χ4v) is 4.47. The number of aliphatic hydroxyl groups is 2. The molecule has 0 aliphatic heterocycles. The third kappa shape index (κ3) is 1.80. The first-order chi connectivity index (χ1) is 9.41. The molecular weight excluding hydrogens is 296 g/mol. The van der Waals surface area contributed by atoms with Crippen LogP contribution in [0.4, 0.5) is 0 Å². The van der Waals surface area contributed by atoms with Crippen molar-refractivity contribution in [3.8, 4) is 0 Å². The molecular formula is C14H12O4S2. The van der Waals surface area contributed by atoms with E-state index < -0.39 is 12.2 Å². The highest BCUT2D eigenvalue weighted by Crippen LogP contribution is 2.40. The quantitative estimate of drug-likeness (QED) is 0.763. The highest BCUT2D eigenvalue weighted by Gasteiger charge is 2.36. The van der Waals surface area contributed by atoms with Crippen LogP contribution in [-0.2, 0) is 0 Å². The van der Waals surface area contributed by atoms with E-state index >= 15 is 0 Å². The van der Waals surface area contributed by atoms with E-state index in [-0.39, 0.29) is 11.6 Å². The highest BCUT2D eigenvalue weighted by molar-refractivity contribution is 7.18.